The highest BCUT2D eigenvalue weighted by Crippen LogP contribution is 2.13. The molecule has 4 nitrogen and oxygen atoms in total. The number of hydrogen-bond donors (Lipinski definition) is 2. The third-order valence-electron chi connectivity index (χ3n) is 4.13. The van der Waals surface area contributed by atoms with Gasteiger partial charge in [0.2, 0.25) is 0 Å². The van der Waals surface area contributed by atoms with Crippen LogP contribution in [-0.2, 0) is 0 Å². The van der Waals surface area contributed by atoms with E-state index in [0.717, 1.165) is 38.8 Å². The molecule has 0 spiro atoms. The van der Waals surface area contributed by atoms with Gasteiger partial charge >= 0.3 is 0 Å². The maximum atomic E-state index is 12.1. The number of aliphatic hydroxyl groups is 1. The minimum absolute atomic E-state index is 0.00469. The SMILES string of the molecule is C=CCCC(O)CN1CCC(NC(=O)c2ccccc2)CC1. The second kappa shape index (κ2) is 8.71. The number of aliphatic hydroxyl groups excluding tert-OH is 1. The molecule has 1 amide bonds. The number of allylic oxidation sites excluding steroid dienone is 1. The van der Waals surface area contributed by atoms with Crippen LogP contribution in [0.5, 0.6) is 0 Å². The predicted molar refractivity (Wildman–Crippen MR) is 88.8 cm³/mol. The maximum Gasteiger partial charge on any atom is 0.251 e. The van der Waals surface area contributed by atoms with Gasteiger partial charge in [0, 0.05) is 31.2 Å². The van der Waals surface area contributed by atoms with Crippen molar-refractivity contribution in [1.29, 1.82) is 0 Å². The Morgan fingerprint density at radius 1 is 1.36 bits per heavy atom. The van der Waals surface area contributed by atoms with E-state index >= 15 is 0 Å². The molecule has 1 aromatic rings. The molecule has 4 heteroatoms. The van der Waals surface area contributed by atoms with E-state index < -0.39 is 0 Å². The molecule has 1 aliphatic heterocycles. The normalized spacial score (nSPS) is 17.9. The van der Waals surface area contributed by atoms with Crippen molar-refractivity contribution in [1.82, 2.24) is 10.2 Å². The monoisotopic (exact) mass is 302 g/mol. The zero-order valence-corrected chi connectivity index (χ0v) is 13.1. The summed E-state index contributed by atoms with van der Waals surface area (Å²) in [5, 5.41) is 13.0. The molecule has 1 aromatic carbocycles. The first-order valence-electron chi connectivity index (χ1n) is 8.06. The Kier molecular flexibility index (Phi) is 6.62. The van der Waals surface area contributed by atoms with Crippen LogP contribution in [-0.4, -0.2) is 47.7 Å². The first kappa shape index (κ1) is 16.7. The van der Waals surface area contributed by atoms with Gasteiger partial charge in [-0.25, -0.2) is 0 Å². The molecule has 0 saturated carbocycles. The van der Waals surface area contributed by atoms with Crippen molar-refractivity contribution < 1.29 is 9.90 Å². The number of rotatable bonds is 7. The van der Waals surface area contributed by atoms with Gasteiger partial charge in [0.25, 0.3) is 5.91 Å². The van der Waals surface area contributed by atoms with E-state index in [1.807, 2.05) is 36.4 Å². The van der Waals surface area contributed by atoms with Gasteiger partial charge in [-0.3, -0.25) is 4.79 Å². The summed E-state index contributed by atoms with van der Waals surface area (Å²) in [5.41, 5.74) is 0.713. The van der Waals surface area contributed by atoms with E-state index in [-0.39, 0.29) is 18.1 Å². The third kappa shape index (κ3) is 5.28. The standard InChI is InChI=1S/C18H26N2O2/c1-2-3-9-17(21)14-20-12-10-16(11-13-20)19-18(22)15-7-5-4-6-8-15/h2,4-8,16-17,21H,1,3,9-14H2,(H,19,22). The Morgan fingerprint density at radius 3 is 2.68 bits per heavy atom. The van der Waals surface area contributed by atoms with Crippen LogP contribution in [0.4, 0.5) is 0 Å². The van der Waals surface area contributed by atoms with Crippen LogP contribution in [0.15, 0.2) is 43.0 Å². The highest BCUT2D eigenvalue weighted by atomic mass is 16.3. The zero-order chi connectivity index (χ0) is 15.8. The topological polar surface area (TPSA) is 52.6 Å². The fourth-order valence-corrected chi connectivity index (χ4v) is 2.82. The predicted octanol–water partition coefficient (Wildman–Crippen LogP) is 2.21. The van der Waals surface area contributed by atoms with Crippen LogP contribution in [0.25, 0.3) is 0 Å². The molecular weight excluding hydrogens is 276 g/mol. The van der Waals surface area contributed by atoms with Gasteiger partial charge in [-0.05, 0) is 37.8 Å². The number of carbonyl (C=O) groups is 1. The minimum Gasteiger partial charge on any atom is -0.392 e. The van der Waals surface area contributed by atoms with Gasteiger partial charge in [-0.15, -0.1) is 6.58 Å². The van der Waals surface area contributed by atoms with Gasteiger partial charge in [0.05, 0.1) is 6.10 Å². The summed E-state index contributed by atoms with van der Waals surface area (Å²) in [6, 6.07) is 9.56. The van der Waals surface area contributed by atoms with Crippen molar-refractivity contribution in [3.63, 3.8) is 0 Å². The number of β-amino-alcohol motifs (C(OH)–C–C–N with tert-alkyl or cyclic N) is 1. The fraction of sp³-hybridized carbons (Fsp3) is 0.500. The highest BCUT2D eigenvalue weighted by Gasteiger charge is 2.22. The van der Waals surface area contributed by atoms with Gasteiger partial charge < -0.3 is 15.3 Å². The molecule has 0 aromatic heterocycles. The average molecular weight is 302 g/mol. The Hall–Kier alpha value is -1.65. The number of piperidine rings is 1. The second-order valence-electron chi connectivity index (χ2n) is 5.93. The van der Waals surface area contributed by atoms with E-state index in [0.29, 0.717) is 12.1 Å². The number of likely N-dealkylation sites (tertiary alicyclic amines) is 1. The van der Waals surface area contributed by atoms with Crippen LogP contribution in [0, 0.1) is 0 Å². The van der Waals surface area contributed by atoms with E-state index in [4.69, 9.17) is 0 Å². The van der Waals surface area contributed by atoms with Gasteiger partial charge in [-0.1, -0.05) is 24.3 Å². The van der Waals surface area contributed by atoms with Crippen molar-refractivity contribution in [2.24, 2.45) is 0 Å². The number of benzene rings is 1. The Balaban J connectivity index is 1.71. The van der Waals surface area contributed by atoms with E-state index in [2.05, 4.69) is 16.8 Å². The molecule has 0 bridgehead atoms. The number of nitrogens with one attached hydrogen (secondary N) is 1. The molecule has 1 heterocycles. The lowest BCUT2D eigenvalue weighted by molar-refractivity contribution is 0.0805. The summed E-state index contributed by atoms with van der Waals surface area (Å²) in [7, 11) is 0. The lowest BCUT2D eigenvalue weighted by Gasteiger charge is -2.33. The number of carbonyl (C=O) groups excluding carboxylic acids is 1. The molecular formula is C18H26N2O2. The first-order valence-corrected chi connectivity index (χ1v) is 8.06. The Labute approximate surface area is 132 Å². The molecule has 22 heavy (non-hydrogen) atoms. The van der Waals surface area contributed by atoms with E-state index in [1.165, 1.54) is 0 Å². The Morgan fingerprint density at radius 2 is 2.05 bits per heavy atom. The summed E-state index contributed by atoms with van der Waals surface area (Å²) < 4.78 is 0. The largest absolute Gasteiger partial charge is 0.392 e. The zero-order valence-electron chi connectivity index (χ0n) is 13.1. The number of nitrogens with zero attached hydrogens (tertiary/aromatic N) is 1. The van der Waals surface area contributed by atoms with Crippen LogP contribution >= 0.6 is 0 Å². The Bertz CT molecular complexity index is 467. The molecule has 120 valence electrons. The lowest BCUT2D eigenvalue weighted by Crippen LogP contribution is -2.46. The first-order chi connectivity index (χ1) is 10.7. The van der Waals surface area contributed by atoms with Gasteiger partial charge in [-0.2, -0.15) is 0 Å². The molecule has 0 radical (unpaired) electrons. The summed E-state index contributed by atoms with van der Waals surface area (Å²) in [5.74, 6) is 0.00469. The summed E-state index contributed by atoms with van der Waals surface area (Å²) >= 11 is 0. The number of hydrogen-bond acceptors (Lipinski definition) is 3. The van der Waals surface area contributed by atoms with E-state index in [1.54, 1.807) is 0 Å². The second-order valence-corrected chi connectivity index (χ2v) is 5.93. The third-order valence-corrected chi connectivity index (χ3v) is 4.13. The maximum absolute atomic E-state index is 12.1. The smallest absolute Gasteiger partial charge is 0.251 e. The van der Waals surface area contributed by atoms with Crippen LogP contribution in [0.1, 0.15) is 36.0 Å². The minimum atomic E-state index is -0.284. The van der Waals surface area contributed by atoms with E-state index in [9.17, 15) is 9.90 Å². The van der Waals surface area contributed by atoms with Gasteiger partial charge in [0.15, 0.2) is 0 Å². The molecule has 1 fully saturated rings. The van der Waals surface area contributed by atoms with Crippen molar-refractivity contribution >= 4 is 5.91 Å². The lowest BCUT2D eigenvalue weighted by atomic mass is 10.0. The summed E-state index contributed by atoms with van der Waals surface area (Å²) in [6.45, 7) is 6.24. The summed E-state index contributed by atoms with van der Waals surface area (Å²) in [4.78, 5) is 14.4. The van der Waals surface area contributed by atoms with Crippen molar-refractivity contribution in [2.75, 3.05) is 19.6 Å². The quantitative estimate of drug-likeness (QED) is 0.759. The fourth-order valence-electron chi connectivity index (χ4n) is 2.82. The molecule has 1 saturated heterocycles. The summed E-state index contributed by atoms with van der Waals surface area (Å²) in [6.07, 6.45) is 5.06. The molecule has 0 aliphatic carbocycles. The van der Waals surface area contributed by atoms with Crippen LogP contribution in [0.2, 0.25) is 0 Å². The molecule has 1 atom stereocenters. The highest BCUT2D eigenvalue weighted by molar-refractivity contribution is 5.94. The number of amides is 1. The van der Waals surface area contributed by atoms with Gasteiger partial charge in [0.1, 0.15) is 0 Å². The molecule has 1 unspecified atom stereocenters. The molecule has 1 aliphatic rings. The average Bonchev–Trinajstić information content (AvgIpc) is 2.55. The van der Waals surface area contributed by atoms with Crippen molar-refractivity contribution in [3.05, 3.63) is 48.6 Å². The van der Waals surface area contributed by atoms with Crippen LogP contribution < -0.4 is 5.32 Å². The molecule has 2 N–H and O–H groups in total. The van der Waals surface area contributed by atoms with Crippen molar-refractivity contribution in [2.45, 2.75) is 37.8 Å². The van der Waals surface area contributed by atoms with Crippen LogP contribution in [0.3, 0.4) is 0 Å². The van der Waals surface area contributed by atoms with Crippen molar-refractivity contribution in [3.8, 4) is 0 Å². The molecule has 2 rings (SSSR count).